The van der Waals surface area contributed by atoms with Crippen molar-refractivity contribution in [1.82, 2.24) is 10.2 Å². The van der Waals surface area contributed by atoms with Crippen molar-refractivity contribution in [3.8, 4) is 0 Å². The molecule has 7 aromatic rings. The number of hydrogen-bond donors (Lipinski definition) is 0. The van der Waals surface area contributed by atoms with E-state index >= 15 is 0 Å². The van der Waals surface area contributed by atoms with Gasteiger partial charge < -0.3 is 9.47 Å². The summed E-state index contributed by atoms with van der Waals surface area (Å²) in [7, 11) is 0. The average molecular weight is 705 g/mol. The second-order valence-corrected chi connectivity index (χ2v) is 12.8. The number of nitrogens with zero attached hydrogens (tertiary/aromatic N) is 6. The van der Waals surface area contributed by atoms with Crippen LogP contribution in [0.15, 0.2) is 216 Å². The van der Waals surface area contributed by atoms with Gasteiger partial charge in [0.1, 0.15) is 0 Å². The van der Waals surface area contributed by atoms with Crippen molar-refractivity contribution in [2.45, 2.75) is 12.5 Å². The molecule has 2 aliphatic rings. The number of hydrazone groups is 2. The van der Waals surface area contributed by atoms with Gasteiger partial charge in [0.05, 0.1) is 22.7 Å². The van der Waals surface area contributed by atoms with E-state index in [1.165, 1.54) is 0 Å². The van der Waals surface area contributed by atoms with E-state index in [0.717, 1.165) is 45.0 Å². The van der Waals surface area contributed by atoms with Crippen LogP contribution in [0.2, 0.25) is 0 Å². The molecule has 2 atom stereocenters. The monoisotopic (exact) mass is 704 g/mol. The summed E-state index contributed by atoms with van der Waals surface area (Å²) < 4.78 is 13.4. The van der Waals surface area contributed by atoms with Gasteiger partial charge in [0, 0.05) is 22.3 Å². The Morgan fingerprint density at radius 3 is 0.870 bits per heavy atom. The Balaban J connectivity index is 1.08. The highest BCUT2D eigenvalue weighted by atomic mass is 16.5. The minimum absolute atomic E-state index is 0.504. The lowest BCUT2D eigenvalue weighted by molar-refractivity contribution is 0.0561. The lowest BCUT2D eigenvalue weighted by Crippen LogP contribution is -2.36. The van der Waals surface area contributed by atoms with Crippen LogP contribution in [0.3, 0.4) is 0 Å². The smallest absolute Gasteiger partial charge is 0.242 e. The van der Waals surface area contributed by atoms with Crippen LogP contribution < -0.4 is 10.0 Å². The Labute approximate surface area is 314 Å². The van der Waals surface area contributed by atoms with E-state index in [2.05, 4.69) is 82.8 Å². The summed E-state index contributed by atoms with van der Waals surface area (Å²) in [6, 6.07) is 69.2. The van der Waals surface area contributed by atoms with Crippen LogP contribution in [0.5, 0.6) is 0 Å². The predicted molar refractivity (Wildman–Crippen MR) is 214 cm³/mol. The highest BCUT2D eigenvalue weighted by Gasteiger charge is 2.37. The van der Waals surface area contributed by atoms with Crippen LogP contribution in [0.25, 0.3) is 0 Å². The summed E-state index contributed by atoms with van der Waals surface area (Å²) in [6.45, 7) is 0. The van der Waals surface area contributed by atoms with E-state index in [-0.39, 0.29) is 0 Å². The van der Waals surface area contributed by atoms with E-state index < -0.39 is 12.5 Å². The minimum Gasteiger partial charge on any atom is -0.444 e. The molecule has 8 heteroatoms. The quantitative estimate of drug-likeness (QED) is 0.141. The van der Waals surface area contributed by atoms with Crippen molar-refractivity contribution in [3.63, 3.8) is 0 Å². The van der Waals surface area contributed by atoms with Gasteiger partial charge in [-0.05, 0) is 72.8 Å². The normalized spacial score (nSPS) is 16.2. The summed E-state index contributed by atoms with van der Waals surface area (Å²) in [5, 5.41) is 18.3. The van der Waals surface area contributed by atoms with Crippen molar-refractivity contribution < 1.29 is 9.47 Å². The molecular weight excluding hydrogens is 669 g/mol. The first-order valence-electron chi connectivity index (χ1n) is 17.9. The van der Waals surface area contributed by atoms with E-state index in [0.29, 0.717) is 11.8 Å². The first-order chi connectivity index (χ1) is 26.8. The summed E-state index contributed by atoms with van der Waals surface area (Å²) in [6.07, 6.45) is -1.02. The van der Waals surface area contributed by atoms with Gasteiger partial charge in [0.2, 0.25) is 24.3 Å². The second kappa shape index (κ2) is 14.7. The van der Waals surface area contributed by atoms with Crippen LogP contribution >= 0.6 is 0 Å². The maximum Gasteiger partial charge on any atom is 0.242 e. The Kier molecular flexibility index (Phi) is 8.89. The van der Waals surface area contributed by atoms with Crippen LogP contribution in [-0.4, -0.2) is 22.0 Å². The molecule has 0 saturated carbocycles. The van der Waals surface area contributed by atoms with Crippen molar-refractivity contribution in [3.05, 3.63) is 229 Å². The molecule has 2 aliphatic heterocycles. The number of hydrazine groups is 2. The second-order valence-electron chi connectivity index (χ2n) is 12.8. The Morgan fingerprint density at radius 1 is 0.333 bits per heavy atom. The molecule has 0 spiro atoms. The molecule has 9 rings (SSSR count). The number of anilines is 4. The molecule has 0 aliphatic carbocycles. The SMILES string of the molecule is c1ccc(C2OC(c3ccc(C4=NN(N(c5ccccc5)c5ccccc5)C(c5ccccc5)O4)cc3)=NN2N(c2ccccc2)c2ccccc2)cc1. The van der Waals surface area contributed by atoms with Crippen molar-refractivity contribution in [2.75, 3.05) is 10.0 Å². The topological polar surface area (TPSA) is 56.1 Å². The molecule has 262 valence electrons. The Morgan fingerprint density at radius 2 is 0.593 bits per heavy atom. The van der Waals surface area contributed by atoms with Crippen LogP contribution in [0.1, 0.15) is 34.7 Å². The Hall–Kier alpha value is -7.32. The summed E-state index contributed by atoms with van der Waals surface area (Å²) >= 11 is 0. The highest BCUT2D eigenvalue weighted by Crippen LogP contribution is 2.40. The molecule has 0 N–H and O–H groups in total. The molecule has 0 aromatic heterocycles. The van der Waals surface area contributed by atoms with Gasteiger partial charge in [-0.25, -0.2) is 10.0 Å². The minimum atomic E-state index is -0.508. The standard InChI is InChI=1S/C46H36N6O2/c1-7-19-37(20-8-1)45-51(49(39-23-11-3-12-24-39)40-25-13-4-14-26-40)47-43(53-45)35-31-33-36(34-32-35)44-48-52(46(54-44)38-21-9-2-10-22-38)50(41-27-15-5-16-28-41)42-29-17-6-18-30-42/h1-34,45-46H. The maximum absolute atomic E-state index is 6.71. The first-order valence-corrected chi connectivity index (χ1v) is 17.9. The van der Waals surface area contributed by atoms with Gasteiger partial charge in [-0.2, -0.15) is 10.2 Å². The lowest BCUT2D eigenvalue weighted by atomic mass is 10.1. The molecule has 0 saturated heterocycles. The van der Waals surface area contributed by atoms with Crippen LogP contribution in [-0.2, 0) is 9.47 Å². The molecule has 7 aromatic carbocycles. The maximum atomic E-state index is 6.71. The van der Waals surface area contributed by atoms with Crippen LogP contribution in [0, 0.1) is 0 Å². The molecule has 0 fully saturated rings. The molecule has 8 nitrogen and oxygen atoms in total. The van der Waals surface area contributed by atoms with Gasteiger partial charge in [-0.1, -0.05) is 133 Å². The molecule has 0 bridgehead atoms. The molecule has 2 unspecified atom stereocenters. The van der Waals surface area contributed by atoms with E-state index in [1.807, 2.05) is 144 Å². The highest BCUT2D eigenvalue weighted by molar-refractivity contribution is 5.98. The summed E-state index contributed by atoms with van der Waals surface area (Å²) in [4.78, 5) is 0. The Bertz CT molecular complexity index is 2100. The van der Waals surface area contributed by atoms with Gasteiger partial charge >= 0.3 is 0 Å². The molecule has 0 amide bonds. The van der Waals surface area contributed by atoms with Crippen molar-refractivity contribution in [1.29, 1.82) is 0 Å². The number of para-hydroxylation sites is 4. The predicted octanol–water partition coefficient (Wildman–Crippen LogP) is 10.6. The zero-order valence-corrected chi connectivity index (χ0v) is 29.3. The number of rotatable bonds is 10. The summed E-state index contributed by atoms with van der Waals surface area (Å²) in [5.74, 6) is 1.01. The fourth-order valence-electron chi connectivity index (χ4n) is 6.64. The largest absolute Gasteiger partial charge is 0.444 e. The number of benzene rings is 7. The molecule has 2 heterocycles. The summed E-state index contributed by atoms with van der Waals surface area (Å²) in [5.41, 5.74) is 7.45. The third-order valence-electron chi connectivity index (χ3n) is 9.21. The molecular formula is C46H36N6O2. The number of hydrogen-bond acceptors (Lipinski definition) is 8. The third kappa shape index (κ3) is 6.48. The fraction of sp³-hybridized carbons (Fsp3) is 0.0435. The van der Waals surface area contributed by atoms with Crippen LogP contribution in [0.4, 0.5) is 22.7 Å². The van der Waals surface area contributed by atoms with E-state index in [4.69, 9.17) is 19.7 Å². The van der Waals surface area contributed by atoms with Crippen molar-refractivity contribution >= 4 is 34.5 Å². The molecule has 54 heavy (non-hydrogen) atoms. The lowest BCUT2D eigenvalue weighted by Gasteiger charge is -2.34. The van der Waals surface area contributed by atoms with E-state index in [1.54, 1.807) is 0 Å². The average Bonchev–Trinajstić information content (AvgIpc) is 3.89. The van der Waals surface area contributed by atoms with Gasteiger partial charge in [0.15, 0.2) is 0 Å². The van der Waals surface area contributed by atoms with Gasteiger partial charge in [-0.3, -0.25) is 0 Å². The first kappa shape index (κ1) is 32.6. The fourth-order valence-corrected chi connectivity index (χ4v) is 6.64. The van der Waals surface area contributed by atoms with Gasteiger partial charge in [-0.15, -0.1) is 10.2 Å². The third-order valence-corrected chi connectivity index (χ3v) is 9.21. The van der Waals surface area contributed by atoms with E-state index in [9.17, 15) is 0 Å². The van der Waals surface area contributed by atoms with Gasteiger partial charge in [0.25, 0.3) is 0 Å². The molecule has 0 radical (unpaired) electrons. The van der Waals surface area contributed by atoms with Crippen molar-refractivity contribution in [2.24, 2.45) is 10.2 Å². The number of ether oxygens (including phenoxy) is 2. The zero-order valence-electron chi connectivity index (χ0n) is 29.3. The zero-order chi connectivity index (χ0) is 36.1.